The summed E-state index contributed by atoms with van der Waals surface area (Å²) in [5.41, 5.74) is 7.06. The molecular weight excluding hydrogens is 279 g/mol. The second-order valence-electron chi connectivity index (χ2n) is 4.78. The van der Waals surface area contributed by atoms with Gasteiger partial charge in [-0.15, -0.1) is 0 Å². The van der Waals surface area contributed by atoms with Gasteiger partial charge in [0.2, 0.25) is 0 Å². The van der Waals surface area contributed by atoms with Crippen LogP contribution in [0.15, 0.2) is 36.4 Å². The van der Waals surface area contributed by atoms with Gasteiger partial charge < -0.3 is 10.6 Å². The SMILES string of the molecule is Cc1ccc(N(C)c2nc(C(F)(F)F)ccc2CN)cc1. The van der Waals surface area contributed by atoms with Crippen LogP contribution in [0.5, 0.6) is 0 Å². The zero-order valence-electron chi connectivity index (χ0n) is 11.8. The highest BCUT2D eigenvalue weighted by Crippen LogP contribution is 2.32. The predicted molar refractivity (Wildman–Crippen MR) is 76.4 cm³/mol. The highest BCUT2D eigenvalue weighted by atomic mass is 19.4. The van der Waals surface area contributed by atoms with Crippen molar-refractivity contribution < 1.29 is 13.2 Å². The molecule has 0 bridgehead atoms. The average Bonchev–Trinajstić information content (AvgIpc) is 2.45. The second-order valence-corrected chi connectivity index (χ2v) is 4.78. The maximum Gasteiger partial charge on any atom is 0.433 e. The standard InChI is InChI=1S/C15H16F3N3/c1-10-3-6-12(7-4-10)21(2)14-11(9-19)5-8-13(20-14)15(16,17)18/h3-8H,9,19H2,1-2H3. The number of halogens is 3. The average molecular weight is 295 g/mol. The van der Waals surface area contributed by atoms with Crippen molar-refractivity contribution in [1.29, 1.82) is 0 Å². The van der Waals surface area contributed by atoms with E-state index in [1.165, 1.54) is 6.07 Å². The van der Waals surface area contributed by atoms with Gasteiger partial charge in [0.25, 0.3) is 0 Å². The van der Waals surface area contributed by atoms with E-state index in [4.69, 9.17) is 5.73 Å². The Morgan fingerprint density at radius 1 is 1.10 bits per heavy atom. The Balaban J connectivity index is 2.47. The predicted octanol–water partition coefficient (Wildman–Crippen LogP) is 3.64. The number of hydrogen-bond acceptors (Lipinski definition) is 3. The summed E-state index contributed by atoms with van der Waals surface area (Å²) in [6.07, 6.45) is -4.48. The summed E-state index contributed by atoms with van der Waals surface area (Å²) in [5.74, 6) is 0.219. The molecular formula is C15H16F3N3. The minimum atomic E-state index is -4.48. The first kappa shape index (κ1) is 15.3. The Labute approximate surface area is 121 Å². The van der Waals surface area contributed by atoms with E-state index in [9.17, 15) is 13.2 Å². The Hall–Kier alpha value is -2.08. The number of nitrogens with zero attached hydrogens (tertiary/aromatic N) is 2. The number of rotatable bonds is 3. The van der Waals surface area contributed by atoms with Crippen LogP contribution in [0.3, 0.4) is 0 Å². The summed E-state index contributed by atoms with van der Waals surface area (Å²) in [5, 5.41) is 0. The van der Waals surface area contributed by atoms with Gasteiger partial charge in [0.05, 0.1) is 0 Å². The number of aromatic nitrogens is 1. The molecule has 6 heteroatoms. The van der Waals surface area contributed by atoms with Crippen molar-refractivity contribution >= 4 is 11.5 Å². The minimum absolute atomic E-state index is 0.122. The summed E-state index contributed by atoms with van der Waals surface area (Å²) >= 11 is 0. The molecule has 0 aliphatic heterocycles. The van der Waals surface area contributed by atoms with E-state index in [1.54, 1.807) is 11.9 Å². The van der Waals surface area contributed by atoms with E-state index in [0.29, 0.717) is 5.56 Å². The summed E-state index contributed by atoms with van der Waals surface area (Å²) in [6, 6.07) is 9.77. The highest BCUT2D eigenvalue weighted by molar-refractivity contribution is 5.62. The number of aryl methyl sites for hydroxylation is 1. The van der Waals surface area contributed by atoms with Gasteiger partial charge in [-0.3, -0.25) is 0 Å². The zero-order chi connectivity index (χ0) is 15.6. The van der Waals surface area contributed by atoms with Gasteiger partial charge in [0.1, 0.15) is 11.5 Å². The highest BCUT2D eigenvalue weighted by Gasteiger charge is 2.33. The molecule has 1 heterocycles. The Bertz CT molecular complexity index is 621. The monoisotopic (exact) mass is 295 g/mol. The first-order valence-electron chi connectivity index (χ1n) is 6.40. The number of nitrogens with two attached hydrogens (primary N) is 1. The fourth-order valence-corrected chi connectivity index (χ4v) is 1.98. The van der Waals surface area contributed by atoms with Crippen molar-refractivity contribution in [2.24, 2.45) is 5.73 Å². The molecule has 0 saturated carbocycles. The molecule has 0 amide bonds. The number of hydrogen-bond donors (Lipinski definition) is 1. The summed E-state index contributed by atoms with van der Waals surface area (Å²) < 4.78 is 38.4. The molecule has 2 aromatic rings. The molecule has 1 aromatic heterocycles. The van der Waals surface area contributed by atoms with Crippen molar-refractivity contribution in [3.05, 3.63) is 53.2 Å². The second kappa shape index (κ2) is 5.73. The van der Waals surface area contributed by atoms with Crippen LogP contribution in [0.2, 0.25) is 0 Å². The molecule has 0 aliphatic carbocycles. The topological polar surface area (TPSA) is 42.2 Å². The van der Waals surface area contributed by atoms with Crippen molar-refractivity contribution in [2.75, 3.05) is 11.9 Å². The van der Waals surface area contributed by atoms with Crippen molar-refractivity contribution in [1.82, 2.24) is 4.98 Å². The van der Waals surface area contributed by atoms with Gasteiger partial charge in [-0.05, 0) is 25.1 Å². The molecule has 2 rings (SSSR count). The molecule has 0 fully saturated rings. The van der Waals surface area contributed by atoms with Crippen LogP contribution < -0.4 is 10.6 Å². The van der Waals surface area contributed by atoms with E-state index < -0.39 is 11.9 Å². The third kappa shape index (κ3) is 3.33. The molecule has 21 heavy (non-hydrogen) atoms. The van der Waals surface area contributed by atoms with Crippen molar-refractivity contribution in [3.8, 4) is 0 Å². The van der Waals surface area contributed by atoms with Gasteiger partial charge in [-0.1, -0.05) is 23.8 Å². The lowest BCUT2D eigenvalue weighted by Crippen LogP contribution is -2.18. The van der Waals surface area contributed by atoms with Crippen LogP contribution in [0.4, 0.5) is 24.7 Å². The maximum atomic E-state index is 12.8. The first-order valence-corrected chi connectivity index (χ1v) is 6.40. The summed E-state index contributed by atoms with van der Waals surface area (Å²) in [6.45, 7) is 2.06. The zero-order valence-corrected chi connectivity index (χ0v) is 11.8. The fraction of sp³-hybridized carbons (Fsp3) is 0.267. The number of benzene rings is 1. The van der Waals surface area contributed by atoms with Crippen LogP contribution >= 0.6 is 0 Å². The third-order valence-electron chi connectivity index (χ3n) is 3.21. The Morgan fingerprint density at radius 2 is 1.71 bits per heavy atom. The van der Waals surface area contributed by atoms with E-state index >= 15 is 0 Å². The largest absolute Gasteiger partial charge is 0.433 e. The van der Waals surface area contributed by atoms with Gasteiger partial charge in [0.15, 0.2) is 0 Å². The first-order chi connectivity index (χ1) is 9.82. The maximum absolute atomic E-state index is 12.8. The fourth-order valence-electron chi connectivity index (χ4n) is 1.98. The number of anilines is 2. The molecule has 0 spiro atoms. The molecule has 0 atom stereocenters. The van der Waals surface area contributed by atoms with Crippen molar-refractivity contribution in [3.63, 3.8) is 0 Å². The molecule has 0 unspecified atom stereocenters. The van der Waals surface area contributed by atoms with E-state index in [2.05, 4.69) is 4.98 Å². The minimum Gasteiger partial charge on any atom is -0.329 e. The quantitative estimate of drug-likeness (QED) is 0.940. The van der Waals surface area contributed by atoms with E-state index in [-0.39, 0.29) is 12.4 Å². The molecule has 2 N–H and O–H groups in total. The smallest absolute Gasteiger partial charge is 0.329 e. The number of pyridine rings is 1. The van der Waals surface area contributed by atoms with Crippen LogP contribution in [0.25, 0.3) is 0 Å². The summed E-state index contributed by atoms with van der Waals surface area (Å²) in [4.78, 5) is 5.34. The molecule has 0 aliphatic rings. The number of alkyl halides is 3. The molecule has 3 nitrogen and oxygen atoms in total. The third-order valence-corrected chi connectivity index (χ3v) is 3.21. The van der Waals surface area contributed by atoms with E-state index in [1.807, 2.05) is 31.2 Å². The summed E-state index contributed by atoms with van der Waals surface area (Å²) in [7, 11) is 1.67. The van der Waals surface area contributed by atoms with Gasteiger partial charge in [-0.2, -0.15) is 13.2 Å². The van der Waals surface area contributed by atoms with Crippen LogP contribution in [-0.2, 0) is 12.7 Å². The molecule has 112 valence electrons. The molecule has 0 saturated heterocycles. The van der Waals surface area contributed by atoms with Gasteiger partial charge >= 0.3 is 6.18 Å². The normalized spacial score (nSPS) is 11.5. The van der Waals surface area contributed by atoms with Crippen molar-refractivity contribution in [2.45, 2.75) is 19.6 Å². The molecule has 0 radical (unpaired) electrons. The van der Waals surface area contributed by atoms with Crippen LogP contribution in [0, 0.1) is 6.92 Å². The van der Waals surface area contributed by atoms with E-state index in [0.717, 1.165) is 17.3 Å². The van der Waals surface area contributed by atoms with Gasteiger partial charge in [-0.25, -0.2) is 4.98 Å². The lowest BCUT2D eigenvalue weighted by molar-refractivity contribution is -0.141. The lowest BCUT2D eigenvalue weighted by atomic mass is 10.2. The lowest BCUT2D eigenvalue weighted by Gasteiger charge is -2.22. The Kier molecular flexibility index (Phi) is 4.18. The van der Waals surface area contributed by atoms with Crippen LogP contribution in [0.1, 0.15) is 16.8 Å². The van der Waals surface area contributed by atoms with Gasteiger partial charge in [0, 0.05) is 24.8 Å². The van der Waals surface area contributed by atoms with Crippen LogP contribution in [-0.4, -0.2) is 12.0 Å². The Morgan fingerprint density at radius 3 is 2.24 bits per heavy atom. The molecule has 1 aromatic carbocycles.